The van der Waals surface area contributed by atoms with Crippen LogP contribution in [0, 0.1) is 13.8 Å². The molecule has 3 aromatic heterocycles. The summed E-state index contributed by atoms with van der Waals surface area (Å²) in [6, 6.07) is 1.36. The third-order valence-electron chi connectivity index (χ3n) is 5.30. The van der Waals surface area contributed by atoms with Crippen molar-refractivity contribution in [1.29, 1.82) is 0 Å². The molecule has 0 radical (unpaired) electrons. The highest BCUT2D eigenvalue weighted by molar-refractivity contribution is 7.16. The Morgan fingerprint density at radius 2 is 1.84 bits per heavy atom. The minimum Gasteiger partial charge on any atom is -0.388 e. The summed E-state index contributed by atoms with van der Waals surface area (Å²) in [6.07, 6.45) is -3.06. The number of aliphatic hydroxyl groups is 1. The van der Waals surface area contributed by atoms with Crippen LogP contribution in [-0.4, -0.2) is 37.9 Å². The molecule has 0 aliphatic rings. The van der Waals surface area contributed by atoms with E-state index in [-0.39, 0.29) is 19.4 Å². The van der Waals surface area contributed by atoms with Gasteiger partial charge < -0.3 is 10.4 Å². The second-order valence-electron chi connectivity index (χ2n) is 7.53. The Kier molecular flexibility index (Phi) is 7.53. The largest absolute Gasteiger partial charge is 0.406 e. The van der Waals surface area contributed by atoms with Gasteiger partial charge in [0.1, 0.15) is 11.9 Å². The summed E-state index contributed by atoms with van der Waals surface area (Å²) in [4.78, 5) is 14.3. The van der Waals surface area contributed by atoms with E-state index in [1.165, 1.54) is 17.5 Å². The normalized spacial score (nSPS) is 13.4. The number of alkyl halides is 3. The first-order valence-corrected chi connectivity index (χ1v) is 11.9. The zero-order chi connectivity index (χ0) is 23.5. The number of halogens is 3. The number of aryl methyl sites for hydroxylation is 2. The third kappa shape index (κ3) is 5.64. The highest BCUT2D eigenvalue weighted by atomic mass is 32.1. The van der Waals surface area contributed by atoms with Crippen molar-refractivity contribution in [3.05, 3.63) is 40.0 Å². The smallest absolute Gasteiger partial charge is 0.388 e. The number of nitrogens with zero attached hydrogens (tertiary/aromatic N) is 3. The zero-order valence-electron chi connectivity index (χ0n) is 18.2. The third-order valence-corrected chi connectivity index (χ3v) is 7.15. The molecule has 0 spiro atoms. The van der Waals surface area contributed by atoms with Crippen molar-refractivity contribution in [3.8, 4) is 10.6 Å². The number of rotatable bonds is 9. The molecule has 0 saturated carbocycles. The van der Waals surface area contributed by atoms with E-state index in [1.807, 2.05) is 19.2 Å². The summed E-state index contributed by atoms with van der Waals surface area (Å²) in [5, 5.41) is 19.6. The van der Waals surface area contributed by atoms with Gasteiger partial charge >= 0.3 is 6.18 Å². The second-order valence-corrected chi connectivity index (χ2v) is 9.59. The highest BCUT2D eigenvalue weighted by Crippen LogP contribution is 2.34. The molecule has 6 nitrogen and oxygen atoms in total. The number of anilines is 2. The van der Waals surface area contributed by atoms with Crippen LogP contribution in [0.15, 0.2) is 23.7 Å². The van der Waals surface area contributed by atoms with Crippen molar-refractivity contribution < 1.29 is 18.3 Å². The Hall–Kier alpha value is -2.08. The summed E-state index contributed by atoms with van der Waals surface area (Å²) >= 11 is 3.03. The number of thiazole rings is 2. The van der Waals surface area contributed by atoms with Gasteiger partial charge in [-0.15, -0.1) is 22.7 Å². The van der Waals surface area contributed by atoms with Crippen LogP contribution in [0.4, 0.5) is 24.1 Å². The molecule has 0 bridgehead atoms. The van der Waals surface area contributed by atoms with Gasteiger partial charge in [0.25, 0.3) is 0 Å². The lowest BCUT2D eigenvalue weighted by Gasteiger charge is -2.36. The van der Waals surface area contributed by atoms with E-state index in [1.54, 1.807) is 37.3 Å². The van der Waals surface area contributed by atoms with Gasteiger partial charge in [0.05, 0.1) is 26.9 Å². The number of hydrogen-bond donors (Lipinski definition) is 3. The van der Waals surface area contributed by atoms with Crippen LogP contribution in [0.25, 0.3) is 10.6 Å². The molecule has 3 aromatic rings. The molecule has 1 unspecified atom stereocenters. The maximum Gasteiger partial charge on any atom is 0.406 e. The van der Waals surface area contributed by atoms with Crippen molar-refractivity contribution in [2.45, 2.75) is 64.9 Å². The van der Waals surface area contributed by atoms with Gasteiger partial charge in [-0.3, -0.25) is 5.32 Å². The maximum atomic E-state index is 13.5. The molecular formula is C21H26F3N5OS2. The first-order valence-electron chi connectivity index (χ1n) is 10.2. The van der Waals surface area contributed by atoms with Gasteiger partial charge in [-0.05, 0) is 38.3 Å². The lowest BCUT2D eigenvalue weighted by Crippen LogP contribution is -2.58. The quantitative estimate of drug-likeness (QED) is 0.366. The lowest BCUT2D eigenvalue weighted by atomic mass is 9.88. The van der Waals surface area contributed by atoms with E-state index >= 15 is 0 Å². The average Bonchev–Trinajstić information content (AvgIpc) is 3.33. The predicted octanol–water partition coefficient (Wildman–Crippen LogP) is 5.59. The van der Waals surface area contributed by atoms with Crippen molar-refractivity contribution in [3.63, 3.8) is 0 Å². The van der Waals surface area contributed by atoms with E-state index in [0.717, 1.165) is 21.3 Å². The van der Waals surface area contributed by atoms with Crippen LogP contribution in [-0.2, 0) is 6.54 Å². The first-order chi connectivity index (χ1) is 15.1. The van der Waals surface area contributed by atoms with E-state index in [9.17, 15) is 18.3 Å². The molecule has 0 aliphatic carbocycles. The van der Waals surface area contributed by atoms with Gasteiger partial charge in [-0.25, -0.2) is 15.0 Å². The van der Waals surface area contributed by atoms with Gasteiger partial charge in [0.15, 0.2) is 5.13 Å². The van der Waals surface area contributed by atoms with Crippen LogP contribution < -0.4 is 10.6 Å². The Bertz CT molecular complexity index is 1030. The van der Waals surface area contributed by atoms with E-state index in [0.29, 0.717) is 16.5 Å². The molecule has 1 atom stereocenters. The standard InChI is InChI=1S/C21H26F3N5OS2/c1-5-20(30,6-2)18(21(22,23)24)26-10-14-7-8-16(25-9-14)29-19-28-15(11-31-19)17-12(3)27-13(4)32-17/h7-9,11,18,26,30H,5-6,10H2,1-4H3,(H,25,28,29). The zero-order valence-corrected chi connectivity index (χ0v) is 19.9. The van der Waals surface area contributed by atoms with Gasteiger partial charge in [-0.1, -0.05) is 19.9 Å². The van der Waals surface area contributed by atoms with Crippen molar-refractivity contribution in [1.82, 2.24) is 20.3 Å². The van der Waals surface area contributed by atoms with Crippen LogP contribution in [0.2, 0.25) is 0 Å². The molecule has 0 saturated heterocycles. The average molecular weight is 486 g/mol. The number of nitrogens with one attached hydrogen (secondary N) is 2. The van der Waals surface area contributed by atoms with Crippen LogP contribution in [0.3, 0.4) is 0 Å². The minimum atomic E-state index is -4.56. The molecule has 0 fully saturated rings. The van der Waals surface area contributed by atoms with E-state index in [4.69, 9.17) is 0 Å². The molecular weight excluding hydrogens is 459 g/mol. The summed E-state index contributed by atoms with van der Waals surface area (Å²) in [5.74, 6) is 0.540. The molecule has 3 N–H and O–H groups in total. The molecule has 174 valence electrons. The molecule has 32 heavy (non-hydrogen) atoms. The summed E-state index contributed by atoms with van der Waals surface area (Å²) in [6.45, 7) is 6.94. The van der Waals surface area contributed by atoms with Gasteiger partial charge in [-0.2, -0.15) is 13.2 Å². The van der Waals surface area contributed by atoms with Crippen LogP contribution >= 0.6 is 22.7 Å². The molecule has 3 rings (SSSR count). The SMILES string of the molecule is CCC(O)(CC)C(NCc1ccc(Nc2nc(-c3sc(C)nc3C)cs2)nc1)C(F)(F)F. The maximum absolute atomic E-state index is 13.5. The fraction of sp³-hybridized carbons (Fsp3) is 0.476. The Morgan fingerprint density at radius 3 is 2.38 bits per heavy atom. The second kappa shape index (κ2) is 9.82. The Morgan fingerprint density at radius 1 is 1.12 bits per heavy atom. The topological polar surface area (TPSA) is 83.0 Å². The monoisotopic (exact) mass is 485 g/mol. The number of aromatic nitrogens is 3. The fourth-order valence-corrected chi connectivity index (χ4v) is 5.07. The summed E-state index contributed by atoms with van der Waals surface area (Å²) in [7, 11) is 0. The van der Waals surface area contributed by atoms with E-state index < -0.39 is 17.8 Å². The van der Waals surface area contributed by atoms with Gasteiger partial charge in [0, 0.05) is 18.1 Å². The predicted molar refractivity (Wildman–Crippen MR) is 122 cm³/mol. The first kappa shape index (κ1) is 24.6. The van der Waals surface area contributed by atoms with Gasteiger partial charge in [0.2, 0.25) is 0 Å². The molecule has 0 amide bonds. The molecule has 11 heteroatoms. The molecule has 0 aliphatic heterocycles. The Labute approximate surface area is 193 Å². The van der Waals surface area contributed by atoms with Crippen molar-refractivity contribution >= 4 is 33.6 Å². The summed E-state index contributed by atoms with van der Waals surface area (Å²) < 4.78 is 40.5. The number of hydrogen-bond acceptors (Lipinski definition) is 8. The molecule has 0 aromatic carbocycles. The van der Waals surface area contributed by atoms with E-state index in [2.05, 4.69) is 25.6 Å². The van der Waals surface area contributed by atoms with Crippen LogP contribution in [0.5, 0.6) is 0 Å². The molecule has 3 heterocycles. The lowest BCUT2D eigenvalue weighted by molar-refractivity contribution is -0.204. The highest BCUT2D eigenvalue weighted by Gasteiger charge is 2.50. The fourth-order valence-electron chi connectivity index (χ4n) is 3.41. The number of pyridine rings is 1. The van der Waals surface area contributed by atoms with Crippen LogP contribution in [0.1, 0.15) is 43.0 Å². The minimum absolute atomic E-state index is 0.00177. The van der Waals surface area contributed by atoms with Crippen molar-refractivity contribution in [2.24, 2.45) is 0 Å². The summed E-state index contributed by atoms with van der Waals surface area (Å²) in [5.41, 5.74) is 0.508. The van der Waals surface area contributed by atoms with Crippen molar-refractivity contribution in [2.75, 3.05) is 5.32 Å². The Balaban J connectivity index is 1.65.